The van der Waals surface area contributed by atoms with Gasteiger partial charge in [-0.2, -0.15) is 0 Å². The van der Waals surface area contributed by atoms with Gasteiger partial charge in [0.15, 0.2) is 0 Å². The van der Waals surface area contributed by atoms with E-state index in [1.807, 2.05) is 43.3 Å². The normalized spacial score (nSPS) is 11.9. The van der Waals surface area contributed by atoms with Crippen LogP contribution in [0.25, 0.3) is 0 Å². The lowest BCUT2D eigenvalue weighted by atomic mass is 10.1. The van der Waals surface area contributed by atoms with Gasteiger partial charge in [0.1, 0.15) is 0 Å². The van der Waals surface area contributed by atoms with Crippen LogP contribution < -0.4 is 5.32 Å². The van der Waals surface area contributed by atoms with Gasteiger partial charge in [-0.25, -0.2) is 0 Å². The summed E-state index contributed by atoms with van der Waals surface area (Å²) in [5, 5.41) is 2.98. The van der Waals surface area contributed by atoms with Crippen LogP contribution in [0.5, 0.6) is 0 Å². The van der Waals surface area contributed by atoms with E-state index in [-0.39, 0.29) is 11.9 Å². The Bertz CT molecular complexity index is 580. The van der Waals surface area contributed by atoms with E-state index in [4.69, 9.17) is 11.6 Å². The van der Waals surface area contributed by atoms with Gasteiger partial charge in [-0.3, -0.25) is 4.79 Å². The Morgan fingerprint density at radius 3 is 2.30 bits per heavy atom. The van der Waals surface area contributed by atoms with Gasteiger partial charge in [-0.1, -0.05) is 40.2 Å². The highest BCUT2D eigenvalue weighted by Crippen LogP contribution is 2.17. The number of rotatable bonds is 4. The second-order valence-corrected chi connectivity index (χ2v) is 5.76. The van der Waals surface area contributed by atoms with Crippen LogP contribution in [-0.2, 0) is 5.88 Å². The van der Waals surface area contributed by atoms with Gasteiger partial charge in [0, 0.05) is 15.9 Å². The summed E-state index contributed by atoms with van der Waals surface area (Å²) < 4.78 is 1.02. The molecule has 1 atom stereocenters. The van der Waals surface area contributed by atoms with Gasteiger partial charge < -0.3 is 5.32 Å². The number of carbonyl (C=O) groups excluding carboxylic acids is 1. The summed E-state index contributed by atoms with van der Waals surface area (Å²) in [6, 6.07) is 15.2. The highest BCUT2D eigenvalue weighted by molar-refractivity contribution is 9.10. The van der Waals surface area contributed by atoms with Crippen molar-refractivity contribution in [2.24, 2.45) is 0 Å². The fraction of sp³-hybridized carbons (Fsp3) is 0.188. The first-order valence-electron chi connectivity index (χ1n) is 6.31. The molecule has 0 aromatic heterocycles. The highest BCUT2D eigenvalue weighted by atomic mass is 79.9. The van der Waals surface area contributed by atoms with Gasteiger partial charge in [0.05, 0.1) is 6.04 Å². The first-order valence-corrected chi connectivity index (χ1v) is 7.64. The Labute approximate surface area is 132 Å². The van der Waals surface area contributed by atoms with Gasteiger partial charge in [0.25, 0.3) is 5.91 Å². The summed E-state index contributed by atoms with van der Waals surface area (Å²) in [4.78, 5) is 12.1. The lowest BCUT2D eigenvalue weighted by Gasteiger charge is -2.14. The molecule has 4 heteroatoms. The molecule has 0 aliphatic carbocycles. The molecule has 1 N–H and O–H groups in total. The summed E-state index contributed by atoms with van der Waals surface area (Å²) in [6.07, 6.45) is 0. The first-order chi connectivity index (χ1) is 9.60. The summed E-state index contributed by atoms with van der Waals surface area (Å²) in [6.45, 7) is 1.97. The maximum atomic E-state index is 12.1. The van der Waals surface area contributed by atoms with Crippen LogP contribution in [-0.4, -0.2) is 5.91 Å². The van der Waals surface area contributed by atoms with E-state index in [1.165, 1.54) is 0 Å². The number of amides is 1. The predicted molar refractivity (Wildman–Crippen MR) is 86.0 cm³/mol. The SMILES string of the molecule is C[C@H](NC(=O)c1ccc(CCl)cc1)c1ccc(Br)cc1. The Morgan fingerprint density at radius 1 is 1.15 bits per heavy atom. The topological polar surface area (TPSA) is 29.1 Å². The highest BCUT2D eigenvalue weighted by Gasteiger charge is 2.11. The average Bonchev–Trinajstić information content (AvgIpc) is 2.48. The first kappa shape index (κ1) is 15.1. The van der Waals surface area contributed by atoms with Gasteiger partial charge in [-0.15, -0.1) is 11.6 Å². The maximum Gasteiger partial charge on any atom is 0.251 e. The summed E-state index contributed by atoms with van der Waals surface area (Å²) in [7, 11) is 0. The smallest absolute Gasteiger partial charge is 0.251 e. The molecular weight excluding hydrogens is 338 g/mol. The zero-order valence-corrected chi connectivity index (χ0v) is 13.4. The Kier molecular flexibility index (Phi) is 5.21. The molecule has 2 aromatic carbocycles. The van der Waals surface area contributed by atoms with E-state index in [9.17, 15) is 4.79 Å². The Morgan fingerprint density at radius 2 is 1.75 bits per heavy atom. The van der Waals surface area contributed by atoms with E-state index in [0.29, 0.717) is 11.4 Å². The molecule has 0 radical (unpaired) electrons. The van der Waals surface area contributed by atoms with Crippen molar-refractivity contribution < 1.29 is 4.79 Å². The lowest BCUT2D eigenvalue weighted by Crippen LogP contribution is -2.26. The molecule has 2 rings (SSSR count). The van der Waals surface area contributed by atoms with Crippen molar-refractivity contribution in [2.45, 2.75) is 18.8 Å². The van der Waals surface area contributed by atoms with Crippen LogP contribution in [0.4, 0.5) is 0 Å². The van der Waals surface area contributed by atoms with Crippen molar-refractivity contribution in [3.05, 3.63) is 69.7 Å². The lowest BCUT2D eigenvalue weighted by molar-refractivity contribution is 0.0940. The van der Waals surface area contributed by atoms with Crippen molar-refractivity contribution in [1.29, 1.82) is 0 Å². The molecule has 0 bridgehead atoms. The second-order valence-electron chi connectivity index (χ2n) is 4.58. The molecule has 1 amide bonds. The third-order valence-corrected chi connectivity index (χ3v) is 3.93. The molecule has 0 spiro atoms. The number of carbonyl (C=O) groups is 1. The van der Waals surface area contributed by atoms with Gasteiger partial charge in [-0.05, 0) is 42.3 Å². The minimum Gasteiger partial charge on any atom is -0.346 e. The minimum absolute atomic E-state index is 0.0386. The molecule has 0 saturated carbocycles. The largest absolute Gasteiger partial charge is 0.346 e. The predicted octanol–water partition coefficient (Wildman–Crippen LogP) is 4.68. The van der Waals surface area contributed by atoms with Crippen LogP contribution >= 0.6 is 27.5 Å². The molecule has 20 heavy (non-hydrogen) atoms. The van der Waals surface area contributed by atoms with E-state index < -0.39 is 0 Å². The van der Waals surface area contributed by atoms with E-state index in [2.05, 4.69) is 21.2 Å². The Hall–Kier alpha value is -1.32. The van der Waals surface area contributed by atoms with Gasteiger partial charge in [0.2, 0.25) is 0 Å². The number of nitrogens with one attached hydrogen (secondary N) is 1. The molecule has 0 unspecified atom stereocenters. The van der Waals surface area contributed by atoms with E-state index in [1.54, 1.807) is 12.1 Å². The summed E-state index contributed by atoms with van der Waals surface area (Å²) in [5.74, 6) is 0.374. The number of hydrogen-bond donors (Lipinski definition) is 1. The van der Waals surface area contributed by atoms with Crippen LogP contribution in [0.15, 0.2) is 53.0 Å². The molecule has 0 fully saturated rings. The fourth-order valence-electron chi connectivity index (χ4n) is 1.86. The Balaban J connectivity index is 2.04. The maximum absolute atomic E-state index is 12.1. The van der Waals surface area contributed by atoms with Crippen LogP contribution in [0, 0.1) is 0 Å². The van der Waals surface area contributed by atoms with E-state index in [0.717, 1.165) is 15.6 Å². The van der Waals surface area contributed by atoms with Crippen LogP contribution in [0.3, 0.4) is 0 Å². The molecule has 0 aliphatic rings. The van der Waals surface area contributed by atoms with Crippen molar-refractivity contribution in [2.75, 3.05) is 0 Å². The van der Waals surface area contributed by atoms with Crippen molar-refractivity contribution >= 4 is 33.4 Å². The van der Waals surface area contributed by atoms with Crippen LogP contribution in [0.2, 0.25) is 0 Å². The standard InChI is InChI=1S/C16H15BrClNO/c1-11(13-6-8-15(17)9-7-13)19-16(20)14-4-2-12(10-18)3-5-14/h2-9,11H,10H2,1H3,(H,19,20)/t11-/m0/s1. The second kappa shape index (κ2) is 6.91. The molecule has 0 heterocycles. The monoisotopic (exact) mass is 351 g/mol. The van der Waals surface area contributed by atoms with Crippen LogP contribution in [0.1, 0.15) is 34.5 Å². The number of benzene rings is 2. The number of hydrogen-bond acceptors (Lipinski definition) is 1. The van der Waals surface area contributed by atoms with Crippen molar-refractivity contribution in [3.63, 3.8) is 0 Å². The molecule has 0 saturated heterocycles. The average molecular weight is 353 g/mol. The third-order valence-electron chi connectivity index (χ3n) is 3.09. The zero-order valence-electron chi connectivity index (χ0n) is 11.1. The van der Waals surface area contributed by atoms with Crippen molar-refractivity contribution in [3.8, 4) is 0 Å². The molecule has 104 valence electrons. The van der Waals surface area contributed by atoms with E-state index >= 15 is 0 Å². The molecule has 2 aromatic rings. The number of halogens is 2. The quantitative estimate of drug-likeness (QED) is 0.795. The summed E-state index contributed by atoms with van der Waals surface area (Å²) in [5.41, 5.74) is 2.71. The molecule has 2 nitrogen and oxygen atoms in total. The number of alkyl halides is 1. The van der Waals surface area contributed by atoms with Crippen molar-refractivity contribution in [1.82, 2.24) is 5.32 Å². The molecular formula is C16H15BrClNO. The molecule has 0 aliphatic heterocycles. The van der Waals surface area contributed by atoms with Gasteiger partial charge >= 0.3 is 0 Å². The summed E-state index contributed by atoms with van der Waals surface area (Å²) >= 11 is 9.13. The minimum atomic E-state index is -0.0819. The zero-order chi connectivity index (χ0) is 14.5. The fourth-order valence-corrected chi connectivity index (χ4v) is 2.30. The third kappa shape index (κ3) is 3.84.